The van der Waals surface area contributed by atoms with Crippen molar-refractivity contribution in [1.29, 1.82) is 0 Å². The minimum Gasteiger partial charge on any atom is -0.477 e. The minimum atomic E-state index is -3.73. The first kappa shape index (κ1) is 15.7. The highest BCUT2D eigenvalue weighted by Crippen LogP contribution is 2.25. The van der Waals surface area contributed by atoms with Crippen LogP contribution in [-0.2, 0) is 10.0 Å². The van der Waals surface area contributed by atoms with Crippen LogP contribution in [0.25, 0.3) is 0 Å². The summed E-state index contributed by atoms with van der Waals surface area (Å²) < 4.78 is 27.3. The fourth-order valence-corrected chi connectivity index (χ4v) is 4.37. The first-order valence-electron chi connectivity index (χ1n) is 6.34. The predicted octanol–water partition coefficient (Wildman–Crippen LogP) is 2.88. The van der Waals surface area contributed by atoms with Gasteiger partial charge in [-0.05, 0) is 24.1 Å². The van der Waals surface area contributed by atoms with E-state index in [4.69, 9.17) is 5.11 Å². The fourth-order valence-electron chi connectivity index (χ4n) is 1.90. The van der Waals surface area contributed by atoms with Gasteiger partial charge in [0.25, 0.3) is 10.0 Å². The zero-order chi connectivity index (χ0) is 15.5. The molecule has 2 rings (SSSR count). The van der Waals surface area contributed by atoms with Crippen LogP contribution in [0.15, 0.2) is 46.7 Å². The van der Waals surface area contributed by atoms with Crippen LogP contribution in [0.5, 0.6) is 0 Å². The van der Waals surface area contributed by atoms with Gasteiger partial charge in [0.1, 0.15) is 9.09 Å². The molecule has 2 N–H and O–H groups in total. The van der Waals surface area contributed by atoms with E-state index in [2.05, 4.69) is 4.72 Å². The summed E-state index contributed by atoms with van der Waals surface area (Å²) in [5, 5.41) is 8.87. The Morgan fingerprint density at radius 2 is 1.90 bits per heavy atom. The topological polar surface area (TPSA) is 83.5 Å². The molecule has 1 aromatic heterocycles. The molecule has 0 saturated carbocycles. The molecule has 0 aliphatic carbocycles. The molecule has 2 aromatic rings. The van der Waals surface area contributed by atoms with Crippen LogP contribution in [0.1, 0.15) is 34.6 Å². The number of nitrogens with one attached hydrogen (secondary N) is 1. The lowest BCUT2D eigenvalue weighted by molar-refractivity contribution is 0.0702. The third-order valence-electron chi connectivity index (χ3n) is 2.96. The second kappa shape index (κ2) is 6.38. The van der Waals surface area contributed by atoms with Gasteiger partial charge in [-0.15, -0.1) is 11.3 Å². The molecule has 0 aliphatic rings. The largest absolute Gasteiger partial charge is 0.477 e. The van der Waals surface area contributed by atoms with E-state index in [9.17, 15) is 13.2 Å². The summed E-state index contributed by atoms with van der Waals surface area (Å²) in [5.41, 5.74) is 0.874. The summed E-state index contributed by atoms with van der Waals surface area (Å²) in [6.07, 6.45) is 0.598. The molecule has 0 saturated heterocycles. The first-order valence-corrected chi connectivity index (χ1v) is 8.64. The van der Waals surface area contributed by atoms with Crippen molar-refractivity contribution in [1.82, 2.24) is 4.72 Å². The standard InChI is InChI=1S/C14H15NO4S2/c1-2-11(10-6-4-3-5-7-10)15-21(18,19)13-9-8-12(20-13)14(16)17/h3-9,11,15H,2H2,1H3,(H,16,17). The van der Waals surface area contributed by atoms with E-state index >= 15 is 0 Å². The number of thiophene rings is 1. The molecular formula is C14H15NO4S2. The molecule has 1 aromatic carbocycles. The van der Waals surface area contributed by atoms with E-state index < -0.39 is 16.0 Å². The number of sulfonamides is 1. The van der Waals surface area contributed by atoms with Crippen molar-refractivity contribution in [3.05, 3.63) is 52.9 Å². The molecule has 7 heteroatoms. The number of carboxylic acid groups (broad SMARTS) is 1. The van der Waals surface area contributed by atoms with E-state index in [-0.39, 0.29) is 15.1 Å². The van der Waals surface area contributed by atoms with Crippen molar-refractivity contribution < 1.29 is 18.3 Å². The molecule has 5 nitrogen and oxygen atoms in total. The fraction of sp³-hybridized carbons (Fsp3) is 0.214. The Labute approximate surface area is 127 Å². The number of carbonyl (C=O) groups is 1. The Hall–Kier alpha value is -1.70. The average Bonchev–Trinajstić information content (AvgIpc) is 2.96. The van der Waals surface area contributed by atoms with Gasteiger partial charge in [0.15, 0.2) is 0 Å². The molecule has 0 bridgehead atoms. The van der Waals surface area contributed by atoms with Crippen LogP contribution in [0.3, 0.4) is 0 Å². The Balaban J connectivity index is 2.25. The highest BCUT2D eigenvalue weighted by molar-refractivity contribution is 7.91. The van der Waals surface area contributed by atoms with Crippen molar-refractivity contribution in [3.8, 4) is 0 Å². The zero-order valence-electron chi connectivity index (χ0n) is 11.3. The molecular weight excluding hydrogens is 310 g/mol. The summed E-state index contributed by atoms with van der Waals surface area (Å²) in [7, 11) is -3.73. The quantitative estimate of drug-likeness (QED) is 0.855. The number of hydrogen-bond donors (Lipinski definition) is 2. The lowest BCUT2D eigenvalue weighted by atomic mass is 10.1. The van der Waals surface area contributed by atoms with Gasteiger partial charge in [-0.25, -0.2) is 17.9 Å². The molecule has 0 amide bonds. The Morgan fingerprint density at radius 3 is 2.43 bits per heavy atom. The van der Waals surface area contributed by atoms with Gasteiger partial charge in [0.2, 0.25) is 0 Å². The summed E-state index contributed by atoms with van der Waals surface area (Å²) in [6.45, 7) is 1.89. The SMILES string of the molecule is CCC(NS(=O)(=O)c1ccc(C(=O)O)s1)c1ccccc1. The van der Waals surface area contributed by atoms with Gasteiger partial charge in [-0.1, -0.05) is 37.3 Å². The predicted molar refractivity (Wildman–Crippen MR) is 81.1 cm³/mol. The van der Waals surface area contributed by atoms with E-state index in [1.165, 1.54) is 12.1 Å². The Bertz CT molecular complexity index is 722. The van der Waals surface area contributed by atoms with Crippen LogP contribution in [0.2, 0.25) is 0 Å². The van der Waals surface area contributed by atoms with Crippen LogP contribution >= 0.6 is 11.3 Å². The third kappa shape index (κ3) is 3.69. The molecule has 112 valence electrons. The number of aromatic carboxylic acids is 1. The van der Waals surface area contributed by atoms with Crippen molar-refractivity contribution in [2.75, 3.05) is 0 Å². The first-order chi connectivity index (χ1) is 9.94. The normalized spacial score (nSPS) is 13.0. The van der Waals surface area contributed by atoms with Crippen molar-refractivity contribution in [2.45, 2.75) is 23.6 Å². The summed E-state index contributed by atoms with van der Waals surface area (Å²) in [6, 6.07) is 11.5. The molecule has 0 fully saturated rings. The lowest BCUT2D eigenvalue weighted by Crippen LogP contribution is -2.27. The number of hydrogen-bond acceptors (Lipinski definition) is 4. The number of rotatable bonds is 6. The van der Waals surface area contributed by atoms with Crippen molar-refractivity contribution >= 4 is 27.3 Å². The highest BCUT2D eigenvalue weighted by Gasteiger charge is 2.23. The molecule has 1 heterocycles. The maximum absolute atomic E-state index is 12.3. The van der Waals surface area contributed by atoms with Crippen molar-refractivity contribution in [2.24, 2.45) is 0 Å². The maximum Gasteiger partial charge on any atom is 0.345 e. The second-order valence-electron chi connectivity index (χ2n) is 4.42. The molecule has 1 unspecified atom stereocenters. The van der Waals surface area contributed by atoms with Crippen LogP contribution < -0.4 is 4.72 Å². The van der Waals surface area contributed by atoms with E-state index in [0.717, 1.165) is 16.9 Å². The minimum absolute atomic E-state index is 0.00290. The highest BCUT2D eigenvalue weighted by atomic mass is 32.2. The molecule has 1 atom stereocenters. The Kier molecular flexibility index (Phi) is 4.76. The van der Waals surface area contributed by atoms with E-state index in [1.54, 1.807) is 0 Å². The summed E-state index contributed by atoms with van der Waals surface area (Å²) in [5.74, 6) is -1.13. The summed E-state index contributed by atoms with van der Waals surface area (Å²) in [4.78, 5) is 10.8. The Morgan fingerprint density at radius 1 is 1.24 bits per heavy atom. The second-order valence-corrected chi connectivity index (χ2v) is 7.44. The van der Waals surface area contributed by atoms with E-state index in [1.807, 2.05) is 37.3 Å². The van der Waals surface area contributed by atoms with Crippen LogP contribution in [0.4, 0.5) is 0 Å². The lowest BCUT2D eigenvalue weighted by Gasteiger charge is -2.16. The third-order valence-corrected chi connectivity index (χ3v) is 6.00. The van der Waals surface area contributed by atoms with Gasteiger partial charge < -0.3 is 5.11 Å². The monoisotopic (exact) mass is 325 g/mol. The maximum atomic E-state index is 12.3. The zero-order valence-corrected chi connectivity index (χ0v) is 12.9. The van der Waals surface area contributed by atoms with Gasteiger partial charge in [0.05, 0.1) is 0 Å². The number of carboxylic acids is 1. The molecule has 21 heavy (non-hydrogen) atoms. The average molecular weight is 325 g/mol. The van der Waals surface area contributed by atoms with E-state index in [0.29, 0.717) is 6.42 Å². The summed E-state index contributed by atoms with van der Waals surface area (Å²) >= 11 is 0.746. The number of benzene rings is 1. The van der Waals surface area contributed by atoms with Gasteiger partial charge in [-0.3, -0.25) is 0 Å². The van der Waals surface area contributed by atoms with Gasteiger partial charge >= 0.3 is 5.97 Å². The van der Waals surface area contributed by atoms with Gasteiger partial charge in [0, 0.05) is 6.04 Å². The van der Waals surface area contributed by atoms with Gasteiger partial charge in [-0.2, -0.15) is 0 Å². The smallest absolute Gasteiger partial charge is 0.345 e. The van der Waals surface area contributed by atoms with Crippen LogP contribution in [-0.4, -0.2) is 19.5 Å². The molecule has 0 radical (unpaired) electrons. The molecule has 0 spiro atoms. The van der Waals surface area contributed by atoms with Crippen molar-refractivity contribution in [3.63, 3.8) is 0 Å². The molecule has 0 aliphatic heterocycles. The van der Waals surface area contributed by atoms with Crippen LogP contribution in [0, 0.1) is 0 Å².